The molecule has 2 aromatic heterocycles. The number of carbonyl (C=O) groups is 2. The number of aryl methyl sites for hydroxylation is 2. The number of allylic oxidation sites excluding steroid dienone is 6. The van der Waals surface area contributed by atoms with Gasteiger partial charge < -0.3 is 23.3 Å². The smallest absolute Gasteiger partial charge is 0.748 e. The van der Waals surface area contributed by atoms with Gasteiger partial charge in [-0.2, -0.15) is 0 Å². The summed E-state index contributed by atoms with van der Waals surface area (Å²) in [5.41, 5.74) is 6.92. The Morgan fingerprint density at radius 2 is 1.13 bits per heavy atom. The Hall–Kier alpha value is -3.60. The van der Waals surface area contributed by atoms with Crippen molar-refractivity contribution in [2.75, 3.05) is 5.75 Å². The Labute approximate surface area is 393 Å². The number of carbonyl (C=O) groups excluding carboxylic acids is 1. The van der Waals surface area contributed by atoms with Crippen molar-refractivity contribution < 1.29 is 99.8 Å². The number of hydrogen-bond acceptors (Lipinski definition) is 8. The fraction of sp³-hybridized carbons (Fsp3) is 0.244. The van der Waals surface area contributed by atoms with Crippen LogP contribution < -0.4 is 59.1 Å². The minimum Gasteiger partial charge on any atom is -0.748 e. The van der Waals surface area contributed by atoms with Crippen LogP contribution in [0.15, 0.2) is 119 Å². The number of nitrogens with zero attached hydrogens (tertiary/aromatic N) is 2. The van der Waals surface area contributed by atoms with Crippen molar-refractivity contribution in [3.63, 3.8) is 0 Å². The molecule has 0 spiro atoms. The Morgan fingerprint density at radius 3 is 1.68 bits per heavy atom. The van der Waals surface area contributed by atoms with E-state index in [4.69, 9.17) is 5.11 Å². The molecule has 0 amide bonds. The summed E-state index contributed by atoms with van der Waals surface area (Å²) in [6, 6.07) is 24.4. The standard InChI is InChI=1S/C45H44N2O9S2.2Na/c48-44(49)16-2-1-5-25-46-40-15-4-3-14-36(40)37-28-31(17-22-41(37)46)10-8-12-33-19-20-34(45(33)50)13-9-11-32-18-23-42-38(29-32)39-30-35(58(54,55)56)21-24-43(39)47(42)26-6-7-27-57(51,52)53;;/h3-4,8-15,17-18,21-24,28-30H,1-2,5-7,16,19-20,25-27H2,(H,48,49)(H,51,52,53)(H,54,55,56);;/q;2*+1/p-2/b10-8+,11-9+,33-12+,34-13+;;. The van der Waals surface area contributed by atoms with Crippen molar-refractivity contribution in [3.8, 4) is 0 Å². The molecule has 4 aromatic carbocycles. The maximum atomic E-state index is 13.3. The Bertz CT molecular complexity index is 2940. The number of para-hydroxylation sites is 1. The molecule has 11 nitrogen and oxygen atoms in total. The first kappa shape index (κ1) is 47.4. The molecular weight excluding hydrogens is 823 g/mol. The Kier molecular flexibility index (Phi) is 16.2. The van der Waals surface area contributed by atoms with Crippen LogP contribution in [-0.2, 0) is 42.9 Å². The third kappa shape index (κ3) is 11.3. The number of ketones is 1. The van der Waals surface area contributed by atoms with Gasteiger partial charge in [0.15, 0.2) is 5.78 Å². The largest absolute Gasteiger partial charge is 1.00 e. The summed E-state index contributed by atoms with van der Waals surface area (Å²) in [6.07, 6.45) is 15.7. The Balaban J connectivity index is 0.00000341. The van der Waals surface area contributed by atoms with Gasteiger partial charge in [0.25, 0.3) is 0 Å². The summed E-state index contributed by atoms with van der Waals surface area (Å²) in [5, 5.41) is 12.5. The molecule has 1 aliphatic carbocycles. The van der Waals surface area contributed by atoms with Gasteiger partial charge in [0.1, 0.15) is 10.1 Å². The first-order valence-corrected chi connectivity index (χ1v) is 22.2. The van der Waals surface area contributed by atoms with Crippen molar-refractivity contribution in [1.82, 2.24) is 9.13 Å². The third-order valence-corrected chi connectivity index (χ3v) is 12.3. The maximum absolute atomic E-state index is 13.3. The number of carboxylic acid groups (broad SMARTS) is 1. The van der Waals surface area contributed by atoms with E-state index in [0.717, 1.165) is 63.4 Å². The summed E-state index contributed by atoms with van der Waals surface area (Å²) in [7, 11) is -9.05. The molecule has 0 unspecified atom stereocenters. The predicted molar refractivity (Wildman–Crippen MR) is 225 cm³/mol. The zero-order valence-electron chi connectivity index (χ0n) is 33.7. The molecule has 1 aliphatic rings. The number of aliphatic carboxylic acids is 1. The fourth-order valence-electron chi connectivity index (χ4n) is 7.86. The summed E-state index contributed by atoms with van der Waals surface area (Å²) >= 11 is 0. The number of carboxylic acids is 1. The van der Waals surface area contributed by atoms with E-state index in [1.54, 1.807) is 6.07 Å². The van der Waals surface area contributed by atoms with Crippen LogP contribution in [0, 0.1) is 0 Å². The zero-order valence-corrected chi connectivity index (χ0v) is 39.3. The number of fused-ring (bicyclic) bond motifs is 6. The predicted octanol–water partition coefficient (Wildman–Crippen LogP) is 2.73. The Morgan fingerprint density at radius 1 is 0.633 bits per heavy atom. The summed E-state index contributed by atoms with van der Waals surface area (Å²) in [4.78, 5) is 23.8. The average Bonchev–Trinajstić information content (AvgIpc) is 3.80. The molecule has 2 heterocycles. The van der Waals surface area contributed by atoms with Gasteiger partial charge in [0, 0.05) is 80.0 Å². The van der Waals surface area contributed by atoms with E-state index in [9.17, 15) is 35.5 Å². The van der Waals surface area contributed by atoms with E-state index < -0.39 is 32.0 Å². The van der Waals surface area contributed by atoms with E-state index >= 15 is 0 Å². The summed E-state index contributed by atoms with van der Waals surface area (Å²) < 4.78 is 73.1. The fourth-order valence-corrected chi connectivity index (χ4v) is 8.91. The molecule has 1 saturated carbocycles. The van der Waals surface area contributed by atoms with Crippen molar-refractivity contribution in [2.45, 2.75) is 69.4 Å². The molecule has 1 N–H and O–H groups in total. The van der Waals surface area contributed by atoms with E-state index in [1.807, 2.05) is 71.4 Å². The van der Waals surface area contributed by atoms with Gasteiger partial charge in [-0.1, -0.05) is 73.2 Å². The number of Topliss-reactive ketones (excluding diaryl/α,β-unsaturated/α-hetero) is 1. The van der Waals surface area contributed by atoms with Gasteiger partial charge >= 0.3 is 65.1 Å². The van der Waals surface area contributed by atoms with Gasteiger partial charge in [-0.05, 0) is 98.2 Å². The molecule has 7 rings (SSSR count). The number of unbranched alkanes of at least 4 members (excludes halogenated alkanes) is 3. The first-order chi connectivity index (χ1) is 27.8. The number of hydrogen-bond donors (Lipinski definition) is 1. The van der Waals surface area contributed by atoms with Crippen LogP contribution in [-0.4, -0.2) is 57.7 Å². The van der Waals surface area contributed by atoms with Gasteiger partial charge in [-0.15, -0.1) is 0 Å². The summed E-state index contributed by atoms with van der Waals surface area (Å²) in [5.74, 6) is -1.25. The quantitative estimate of drug-likeness (QED) is 0.0664. The normalized spacial score (nSPS) is 15.1. The van der Waals surface area contributed by atoms with E-state index in [1.165, 1.54) is 12.1 Å². The average molecular weight is 865 g/mol. The second-order valence-electron chi connectivity index (χ2n) is 14.6. The monoisotopic (exact) mass is 864 g/mol. The molecule has 15 heteroatoms. The van der Waals surface area contributed by atoms with Crippen molar-refractivity contribution >= 4 is 87.8 Å². The molecule has 6 aromatic rings. The van der Waals surface area contributed by atoms with Crippen LogP contribution in [0.25, 0.3) is 55.8 Å². The van der Waals surface area contributed by atoms with Crippen LogP contribution in [0.5, 0.6) is 0 Å². The molecule has 0 saturated heterocycles. The van der Waals surface area contributed by atoms with E-state index in [-0.39, 0.29) is 82.6 Å². The van der Waals surface area contributed by atoms with Crippen molar-refractivity contribution in [3.05, 3.63) is 125 Å². The second-order valence-corrected chi connectivity index (χ2v) is 17.5. The molecule has 60 heavy (non-hydrogen) atoms. The molecule has 300 valence electrons. The molecular formula is C45H42N2Na2O9S2. The van der Waals surface area contributed by atoms with Crippen LogP contribution in [0.1, 0.15) is 62.5 Å². The van der Waals surface area contributed by atoms with Gasteiger partial charge in [0.2, 0.25) is 0 Å². The number of rotatable bonds is 16. The van der Waals surface area contributed by atoms with Gasteiger partial charge in [-0.25, -0.2) is 16.8 Å². The molecule has 0 aliphatic heterocycles. The maximum Gasteiger partial charge on any atom is 1.00 e. The summed E-state index contributed by atoms with van der Waals surface area (Å²) in [6.45, 7) is 1.19. The first-order valence-electron chi connectivity index (χ1n) is 19.2. The molecule has 0 bridgehead atoms. The van der Waals surface area contributed by atoms with Crippen LogP contribution in [0.4, 0.5) is 0 Å². The van der Waals surface area contributed by atoms with Crippen LogP contribution >= 0.6 is 0 Å². The van der Waals surface area contributed by atoms with Crippen LogP contribution in [0.3, 0.4) is 0 Å². The van der Waals surface area contributed by atoms with E-state index in [2.05, 4.69) is 34.9 Å². The van der Waals surface area contributed by atoms with E-state index in [0.29, 0.717) is 54.1 Å². The van der Waals surface area contributed by atoms with Gasteiger partial charge in [-0.3, -0.25) is 9.59 Å². The van der Waals surface area contributed by atoms with Crippen molar-refractivity contribution in [1.29, 1.82) is 0 Å². The zero-order chi connectivity index (χ0) is 41.0. The topological polar surface area (TPSA) is 179 Å². The third-order valence-electron chi connectivity index (χ3n) is 10.7. The SMILES string of the molecule is O=C(O)CCCCCn1c2ccccc2c2cc(/C=C/C=C3\CC/C(=C\C=C\c4ccc5c(c4)c4cc(S(=O)(=O)[O-])ccc4n5CCCCS(=O)(=O)[O-])C3=O)ccc21.[Na+].[Na+]. The number of benzene rings is 4. The number of aromatic nitrogens is 2. The van der Waals surface area contributed by atoms with Gasteiger partial charge in [0.05, 0.1) is 15.0 Å². The minimum atomic E-state index is -4.71. The molecule has 0 atom stereocenters. The van der Waals surface area contributed by atoms with Crippen LogP contribution in [0.2, 0.25) is 0 Å². The second kappa shape index (κ2) is 20.5. The minimum absolute atomic E-state index is 0. The molecule has 1 fully saturated rings. The van der Waals surface area contributed by atoms with Crippen molar-refractivity contribution in [2.24, 2.45) is 0 Å². The molecule has 0 radical (unpaired) electrons.